The molecule has 2 heterocycles. The SMILES string of the molecule is CCNC(=NCc1cccc(CN2CCCC2=O)c1)NCc1ccccc1Cn1cccn1. The molecule has 1 aromatic heterocycles. The lowest BCUT2D eigenvalue weighted by Crippen LogP contribution is -2.37. The molecule has 0 saturated carbocycles. The predicted octanol–water partition coefficient (Wildman–Crippen LogP) is 3.31. The number of nitrogens with one attached hydrogen (secondary N) is 2. The Hall–Kier alpha value is -3.61. The molecule has 3 aromatic rings. The van der Waals surface area contributed by atoms with Crippen molar-refractivity contribution in [1.82, 2.24) is 25.3 Å². The summed E-state index contributed by atoms with van der Waals surface area (Å²) in [7, 11) is 0. The zero-order chi connectivity index (χ0) is 22.9. The summed E-state index contributed by atoms with van der Waals surface area (Å²) in [5.74, 6) is 1.04. The molecule has 2 N–H and O–H groups in total. The number of aromatic nitrogens is 2. The molecule has 2 aromatic carbocycles. The first-order chi connectivity index (χ1) is 16.2. The van der Waals surface area contributed by atoms with Gasteiger partial charge in [-0.05, 0) is 41.7 Å². The zero-order valence-electron chi connectivity index (χ0n) is 19.2. The van der Waals surface area contributed by atoms with E-state index in [1.165, 1.54) is 11.1 Å². The molecule has 0 atom stereocenters. The van der Waals surface area contributed by atoms with Crippen LogP contribution in [0.5, 0.6) is 0 Å². The Morgan fingerprint density at radius 3 is 2.64 bits per heavy atom. The number of rotatable bonds is 9. The van der Waals surface area contributed by atoms with Gasteiger partial charge in [-0.15, -0.1) is 0 Å². The number of hydrogen-bond acceptors (Lipinski definition) is 3. The Labute approximate surface area is 195 Å². The molecule has 0 spiro atoms. The van der Waals surface area contributed by atoms with Crippen molar-refractivity contribution >= 4 is 11.9 Å². The Kier molecular flexibility index (Phi) is 7.74. The van der Waals surface area contributed by atoms with Crippen molar-refractivity contribution in [2.24, 2.45) is 4.99 Å². The van der Waals surface area contributed by atoms with Crippen molar-refractivity contribution in [2.75, 3.05) is 13.1 Å². The molecule has 0 aliphatic carbocycles. The van der Waals surface area contributed by atoms with Crippen molar-refractivity contribution < 1.29 is 4.79 Å². The monoisotopic (exact) mass is 444 g/mol. The molecule has 1 amide bonds. The number of nitrogens with zero attached hydrogens (tertiary/aromatic N) is 4. The lowest BCUT2D eigenvalue weighted by molar-refractivity contribution is -0.128. The molecular formula is C26H32N6O. The standard InChI is InChI=1S/C26H32N6O/c1-2-27-26(29-18-23-10-3-4-11-24(23)20-32-15-7-13-30-32)28-17-21-8-5-9-22(16-21)19-31-14-6-12-25(31)33/h3-5,7-11,13,15-16H,2,6,12,14,17-20H2,1H3,(H2,27,28,29). The Balaban J connectivity index is 1.38. The quantitative estimate of drug-likeness (QED) is 0.392. The van der Waals surface area contributed by atoms with E-state index in [1.54, 1.807) is 6.20 Å². The second-order valence-electron chi connectivity index (χ2n) is 8.26. The zero-order valence-corrected chi connectivity index (χ0v) is 19.2. The van der Waals surface area contributed by atoms with Gasteiger partial charge in [0.15, 0.2) is 5.96 Å². The van der Waals surface area contributed by atoms with Crippen LogP contribution in [0.3, 0.4) is 0 Å². The largest absolute Gasteiger partial charge is 0.357 e. The first-order valence-corrected chi connectivity index (χ1v) is 11.6. The number of benzene rings is 2. The maximum Gasteiger partial charge on any atom is 0.222 e. The minimum Gasteiger partial charge on any atom is -0.357 e. The molecule has 1 aliphatic rings. The van der Waals surface area contributed by atoms with Gasteiger partial charge in [-0.1, -0.05) is 48.5 Å². The molecule has 0 bridgehead atoms. The fraction of sp³-hybridized carbons (Fsp3) is 0.346. The molecule has 4 rings (SSSR count). The fourth-order valence-electron chi connectivity index (χ4n) is 4.06. The number of guanidine groups is 1. The molecule has 7 heteroatoms. The second kappa shape index (κ2) is 11.3. The summed E-state index contributed by atoms with van der Waals surface area (Å²) in [6.07, 6.45) is 5.41. The Morgan fingerprint density at radius 2 is 1.88 bits per heavy atom. The lowest BCUT2D eigenvalue weighted by atomic mass is 10.1. The van der Waals surface area contributed by atoms with Crippen LogP contribution < -0.4 is 10.6 Å². The van der Waals surface area contributed by atoms with Crippen molar-refractivity contribution in [3.63, 3.8) is 0 Å². The van der Waals surface area contributed by atoms with Crippen molar-refractivity contribution in [1.29, 1.82) is 0 Å². The second-order valence-corrected chi connectivity index (χ2v) is 8.26. The first-order valence-electron chi connectivity index (χ1n) is 11.6. The minimum absolute atomic E-state index is 0.255. The summed E-state index contributed by atoms with van der Waals surface area (Å²) in [5, 5.41) is 11.1. The number of aliphatic imine (C=N–C) groups is 1. The topological polar surface area (TPSA) is 74.6 Å². The van der Waals surface area contributed by atoms with Crippen LogP contribution in [0, 0.1) is 0 Å². The maximum absolute atomic E-state index is 11.9. The van der Waals surface area contributed by atoms with Gasteiger partial charge in [0.25, 0.3) is 0 Å². The number of likely N-dealkylation sites (tertiary alicyclic amines) is 1. The van der Waals surface area contributed by atoms with Crippen LogP contribution in [0.2, 0.25) is 0 Å². The highest BCUT2D eigenvalue weighted by Crippen LogP contribution is 2.16. The molecule has 7 nitrogen and oxygen atoms in total. The van der Waals surface area contributed by atoms with Crippen LogP contribution in [0.25, 0.3) is 0 Å². The van der Waals surface area contributed by atoms with Gasteiger partial charge < -0.3 is 15.5 Å². The lowest BCUT2D eigenvalue weighted by Gasteiger charge is -2.16. The molecule has 1 saturated heterocycles. The van der Waals surface area contributed by atoms with E-state index in [0.29, 0.717) is 26.1 Å². The highest BCUT2D eigenvalue weighted by atomic mass is 16.2. The molecule has 172 valence electrons. The summed E-state index contributed by atoms with van der Waals surface area (Å²) in [4.78, 5) is 18.7. The molecule has 33 heavy (non-hydrogen) atoms. The number of carbonyl (C=O) groups is 1. The van der Waals surface area contributed by atoms with E-state index < -0.39 is 0 Å². The van der Waals surface area contributed by atoms with Gasteiger partial charge in [0.05, 0.1) is 13.1 Å². The Morgan fingerprint density at radius 1 is 1.03 bits per heavy atom. The van der Waals surface area contributed by atoms with Gasteiger partial charge in [0, 0.05) is 45.0 Å². The van der Waals surface area contributed by atoms with Crippen molar-refractivity contribution in [3.05, 3.63) is 89.2 Å². The minimum atomic E-state index is 0.255. The van der Waals surface area contributed by atoms with Crippen molar-refractivity contribution in [2.45, 2.75) is 45.9 Å². The summed E-state index contributed by atoms with van der Waals surface area (Å²) in [6, 6.07) is 18.7. The summed E-state index contributed by atoms with van der Waals surface area (Å²) in [5.41, 5.74) is 4.74. The summed E-state index contributed by atoms with van der Waals surface area (Å²) < 4.78 is 1.93. The summed E-state index contributed by atoms with van der Waals surface area (Å²) in [6.45, 7) is 6.39. The first kappa shape index (κ1) is 22.6. The maximum atomic E-state index is 11.9. The fourth-order valence-corrected chi connectivity index (χ4v) is 4.06. The predicted molar refractivity (Wildman–Crippen MR) is 131 cm³/mol. The number of amides is 1. The third-order valence-corrected chi connectivity index (χ3v) is 5.76. The average Bonchev–Trinajstić information content (AvgIpc) is 3.49. The number of carbonyl (C=O) groups excluding carboxylic acids is 1. The van der Waals surface area contributed by atoms with E-state index >= 15 is 0 Å². The third kappa shape index (κ3) is 6.44. The molecular weight excluding hydrogens is 412 g/mol. The van der Waals surface area contributed by atoms with E-state index in [-0.39, 0.29) is 5.91 Å². The van der Waals surface area contributed by atoms with Crippen LogP contribution >= 0.6 is 0 Å². The molecule has 0 unspecified atom stereocenters. The van der Waals surface area contributed by atoms with Gasteiger partial charge in [-0.3, -0.25) is 9.48 Å². The highest BCUT2D eigenvalue weighted by Gasteiger charge is 2.19. The van der Waals surface area contributed by atoms with E-state index in [0.717, 1.165) is 43.1 Å². The van der Waals surface area contributed by atoms with Gasteiger partial charge in [-0.25, -0.2) is 4.99 Å². The number of hydrogen-bond donors (Lipinski definition) is 2. The average molecular weight is 445 g/mol. The third-order valence-electron chi connectivity index (χ3n) is 5.76. The molecule has 0 radical (unpaired) electrons. The van der Waals surface area contributed by atoms with Gasteiger partial charge in [0.1, 0.15) is 0 Å². The van der Waals surface area contributed by atoms with Crippen molar-refractivity contribution in [3.8, 4) is 0 Å². The smallest absolute Gasteiger partial charge is 0.222 e. The van der Waals surface area contributed by atoms with E-state index in [4.69, 9.17) is 4.99 Å². The van der Waals surface area contributed by atoms with Crippen LogP contribution in [-0.2, 0) is 31.0 Å². The Bertz CT molecular complexity index is 1080. The van der Waals surface area contributed by atoms with Gasteiger partial charge in [0.2, 0.25) is 5.91 Å². The van der Waals surface area contributed by atoms with E-state index in [9.17, 15) is 4.79 Å². The molecule has 1 fully saturated rings. The normalized spacial score (nSPS) is 14.0. The van der Waals surface area contributed by atoms with E-state index in [2.05, 4.69) is 65.1 Å². The van der Waals surface area contributed by atoms with E-state index in [1.807, 2.05) is 27.9 Å². The molecule has 1 aliphatic heterocycles. The summed E-state index contributed by atoms with van der Waals surface area (Å²) >= 11 is 0. The van der Waals surface area contributed by atoms with Crippen LogP contribution in [0.15, 0.2) is 72.0 Å². The van der Waals surface area contributed by atoms with Crippen LogP contribution in [0.1, 0.15) is 42.0 Å². The van der Waals surface area contributed by atoms with Crippen LogP contribution in [-0.4, -0.2) is 39.6 Å². The van der Waals surface area contributed by atoms with Crippen LogP contribution in [0.4, 0.5) is 0 Å². The van der Waals surface area contributed by atoms with Gasteiger partial charge >= 0.3 is 0 Å². The van der Waals surface area contributed by atoms with Gasteiger partial charge in [-0.2, -0.15) is 5.10 Å². The highest BCUT2D eigenvalue weighted by molar-refractivity contribution is 5.79.